The van der Waals surface area contributed by atoms with Gasteiger partial charge in [0.05, 0.1) is 17.8 Å². The van der Waals surface area contributed by atoms with Gasteiger partial charge < -0.3 is 9.84 Å². The number of alkyl halides is 3. The summed E-state index contributed by atoms with van der Waals surface area (Å²) in [6.45, 7) is -0.0382. The van der Waals surface area contributed by atoms with Crippen LogP contribution in [0.25, 0.3) is 10.9 Å². The summed E-state index contributed by atoms with van der Waals surface area (Å²) in [4.78, 5) is 0. The molecule has 2 aromatic carbocycles. The summed E-state index contributed by atoms with van der Waals surface area (Å²) in [7, 11) is 0. The van der Waals surface area contributed by atoms with Crippen molar-refractivity contribution in [3.63, 3.8) is 0 Å². The van der Waals surface area contributed by atoms with Gasteiger partial charge in [0.1, 0.15) is 11.6 Å². The van der Waals surface area contributed by atoms with E-state index in [0.717, 1.165) is 6.07 Å². The van der Waals surface area contributed by atoms with Crippen LogP contribution < -0.4 is 4.74 Å². The molecule has 0 amide bonds. The molecular weight excluding hydrogens is 388 g/mol. The number of aryl methyl sites for hydroxylation is 1. The number of aromatic nitrogens is 2. The first-order valence-electron chi connectivity index (χ1n) is 8.07. The average Bonchev–Trinajstić information content (AvgIpc) is 2.91. The van der Waals surface area contributed by atoms with Crippen molar-refractivity contribution in [2.75, 3.05) is 6.61 Å². The van der Waals surface area contributed by atoms with E-state index in [1.807, 2.05) is 0 Å². The van der Waals surface area contributed by atoms with Gasteiger partial charge in [-0.05, 0) is 37.1 Å². The van der Waals surface area contributed by atoms with Crippen LogP contribution >= 0.6 is 11.6 Å². The lowest BCUT2D eigenvalue weighted by Crippen LogP contribution is -2.17. The van der Waals surface area contributed by atoms with Crippen molar-refractivity contribution in [1.29, 1.82) is 0 Å². The molecule has 0 spiro atoms. The molecule has 0 radical (unpaired) electrons. The van der Waals surface area contributed by atoms with Gasteiger partial charge >= 0.3 is 6.36 Å². The van der Waals surface area contributed by atoms with Crippen LogP contribution in [0.4, 0.5) is 17.6 Å². The smallest absolute Gasteiger partial charge is 0.406 e. The molecule has 0 saturated heterocycles. The van der Waals surface area contributed by atoms with Gasteiger partial charge in [0.25, 0.3) is 0 Å². The van der Waals surface area contributed by atoms with Crippen molar-refractivity contribution in [3.05, 3.63) is 58.5 Å². The van der Waals surface area contributed by atoms with E-state index in [0.29, 0.717) is 35.0 Å². The molecule has 0 aliphatic carbocycles. The van der Waals surface area contributed by atoms with Crippen molar-refractivity contribution in [1.82, 2.24) is 9.78 Å². The molecular formula is C18H15ClF4N2O2. The third kappa shape index (κ3) is 4.70. The van der Waals surface area contributed by atoms with E-state index in [2.05, 4.69) is 9.84 Å². The number of nitrogens with zero attached hydrogens (tertiary/aromatic N) is 2. The lowest BCUT2D eigenvalue weighted by Gasteiger charge is -2.10. The molecule has 3 aromatic rings. The molecule has 0 aliphatic rings. The molecule has 9 heteroatoms. The molecule has 27 heavy (non-hydrogen) atoms. The number of rotatable bonds is 6. The largest absolute Gasteiger partial charge is 0.573 e. The van der Waals surface area contributed by atoms with Crippen molar-refractivity contribution < 1.29 is 27.4 Å². The molecule has 1 N–H and O–H groups in total. The van der Waals surface area contributed by atoms with Gasteiger partial charge in [0.15, 0.2) is 0 Å². The number of hydrogen-bond acceptors (Lipinski definition) is 3. The SMILES string of the molecule is OCCCc1nn(Cc2ccc(Cl)cc2F)c2cc(OC(F)(F)F)ccc12. The maximum Gasteiger partial charge on any atom is 0.573 e. The van der Waals surface area contributed by atoms with E-state index < -0.39 is 12.2 Å². The Hall–Kier alpha value is -2.32. The molecule has 3 rings (SSSR count). The zero-order valence-electron chi connectivity index (χ0n) is 13.9. The number of hydrogen-bond donors (Lipinski definition) is 1. The number of benzene rings is 2. The molecule has 144 valence electrons. The van der Waals surface area contributed by atoms with Crippen LogP contribution in [0.1, 0.15) is 17.7 Å². The number of ether oxygens (including phenoxy) is 1. The van der Waals surface area contributed by atoms with E-state index in [-0.39, 0.29) is 23.9 Å². The van der Waals surface area contributed by atoms with E-state index in [4.69, 9.17) is 16.7 Å². The Morgan fingerprint density at radius 2 is 1.93 bits per heavy atom. The highest BCUT2D eigenvalue weighted by Gasteiger charge is 2.31. The zero-order chi connectivity index (χ0) is 19.6. The summed E-state index contributed by atoms with van der Waals surface area (Å²) in [6.07, 6.45) is -3.94. The van der Waals surface area contributed by atoms with Gasteiger partial charge in [0.2, 0.25) is 0 Å². The lowest BCUT2D eigenvalue weighted by molar-refractivity contribution is -0.274. The topological polar surface area (TPSA) is 47.3 Å². The highest BCUT2D eigenvalue weighted by molar-refractivity contribution is 6.30. The van der Waals surface area contributed by atoms with Gasteiger partial charge in [-0.15, -0.1) is 13.2 Å². The molecule has 1 heterocycles. The molecule has 0 aliphatic heterocycles. The van der Waals surface area contributed by atoms with Gasteiger partial charge in [-0.25, -0.2) is 4.39 Å². The molecule has 0 fully saturated rings. The average molecular weight is 403 g/mol. The Labute approximate surface area is 156 Å². The van der Waals surface area contributed by atoms with E-state index >= 15 is 0 Å². The van der Waals surface area contributed by atoms with Crippen LogP contribution in [-0.2, 0) is 13.0 Å². The highest BCUT2D eigenvalue weighted by Crippen LogP contribution is 2.29. The fourth-order valence-corrected chi connectivity index (χ4v) is 2.94. The van der Waals surface area contributed by atoms with Crippen LogP contribution in [0.5, 0.6) is 5.75 Å². The molecule has 4 nitrogen and oxygen atoms in total. The first kappa shape index (κ1) is 19.4. The Morgan fingerprint density at radius 1 is 1.15 bits per heavy atom. The van der Waals surface area contributed by atoms with Gasteiger partial charge in [-0.3, -0.25) is 4.68 Å². The Balaban J connectivity index is 2.04. The van der Waals surface area contributed by atoms with Gasteiger partial charge in [-0.2, -0.15) is 5.10 Å². The summed E-state index contributed by atoms with van der Waals surface area (Å²) in [5, 5.41) is 14.3. The second kappa shape index (κ2) is 7.74. The van der Waals surface area contributed by atoms with Crippen molar-refractivity contribution in [2.45, 2.75) is 25.7 Å². The van der Waals surface area contributed by atoms with Crippen LogP contribution in [-0.4, -0.2) is 27.9 Å². The summed E-state index contributed by atoms with van der Waals surface area (Å²) in [6, 6.07) is 8.07. The highest BCUT2D eigenvalue weighted by atomic mass is 35.5. The van der Waals surface area contributed by atoms with Gasteiger partial charge in [0, 0.05) is 28.6 Å². The monoisotopic (exact) mass is 402 g/mol. The molecule has 1 aromatic heterocycles. The summed E-state index contributed by atoms with van der Waals surface area (Å²) >= 11 is 5.75. The zero-order valence-corrected chi connectivity index (χ0v) is 14.7. The summed E-state index contributed by atoms with van der Waals surface area (Å²) in [5.41, 5.74) is 1.27. The quantitative estimate of drug-likeness (QED) is 0.608. The fraction of sp³-hybridized carbons (Fsp3) is 0.278. The third-order valence-electron chi connectivity index (χ3n) is 3.94. The summed E-state index contributed by atoms with van der Waals surface area (Å²) in [5.74, 6) is -0.924. The predicted molar refractivity (Wildman–Crippen MR) is 92.3 cm³/mol. The standard InChI is InChI=1S/C18H15ClF4N2O2/c19-12-4-3-11(15(20)8-12)10-25-17-9-13(27-18(21,22)23)5-6-14(17)16(24-25)2-1-7-26/h3-6,8-9,26H,1-2,7,10H2. The molecule has 0 atom stereocenters. The minimum Gasteiger partial charge on any atom is -0.406 e. The number of fused-ring (bicyclic) bond motifs is 1. The van der Waals surface area contributed by atoms with Crippen molar-refractivity contribution in [2.24, 2.45) is 0 Å². The molecule has 0 saturated carbocycles. The normalized spacial score (nSPS) is 11.9. The Bertz CT molecular complexity index is 956. The Kier molecular flexibility index (Phi) is 5.57. The minimum atomic E-state index is -4.82. The maximum atomic E-state index is 14.1. The van der Waals surface area contributed by atoms with Crippen LogP contribution in [0, 0.1) is 5.82 Å². The first-order chi connectivity index (χ1) is 12.8. The predicted octanol–water partition coefficient (Wildman–Crippen LogP) is 4.70. The number of aliphatic hydroxyl groups excluding tert-OH is 1. The molecule has 0 bridgehead atoms. The minimum absolute atomic E-state index is 0.00803. The second-order valence-electron chi connectivity index (χ2n) is 5.89. The second-order valence-corrected chi connectivity index (χ2v) is 6.33. The van der Waals surface area contributed by atoms with Crippen molar-refractivity contribution in [3.8, 4) is 5.75 Å². The summed E-state index contributed by atoms with van der Waals surface area (Å²) < 4.78 is 57.1. The van der Waals surface area contributed by atoms with Crippen LogP contribution in [0.3, 0.4) is 0 Å². The third-order valence-corrected chi connectivity index (χ3v) is 4.18. The van der Waals surface area contributed by atoms with Crippen molar-refractivity contribution >= 4 is 22.5 Å². The Morgan fingerprint density at radius 3 is 2.59 bits per heavy atom. The lowest BCUT2D eigenvalue weighted by atomic mass is 10.1. The molecule has 0 unspecified atom stereocenters. The first-order valence-corrected chi connectivity index (χ1v) is 8.44. The van der Waals surface area contributed by atoms with E-state index in [1.165, 1.54) is 35.0 Å². The van der Waals surface area contributed by atoms with Crippen LogP contribution in [0.2, 0.25) is 5.02 Å². The maximum absolute atomic E-state index is 14.1. The fourth-order valence-electron chi connectivity index (χ4n) is 2.78. The van der Waals surface area contributed by atoms with Gasteiger partial charge in [-0.1, -0.05) is 17.7 Å². The van der Waals surface area contributed by atoms with E-state index in [1.54, 1.807) is 0 Å². The van der Waals surface area contributed by atoms with E-state index in [9.17, 15) is 17.6 Å². The number of halogens is 5. The van der Waals surface area contributed by atoms with Crippen LogP contribution in [0.15, 0.2) is 36.4 Å². The number of aliphatic hydroxyl groups is 1.